The lowest BCUT2D eigenvalue weighted by Gasteiger charge is -2.12. The van der Waals surface area contributed by atoms with Crippen LogP contribution in [0.5, 0.6) is 0 Å². The van der Waals surface area contributed by atoms with Crippen LogP contribution in [0.15, 0.2) is 23.6 Å². The van der Waals surface area contributed by atoms with Crippen molar-refractivity contribution in [3.63, 3.8) is 0 Å². The number of nitrogens with zero attached hydrogens (tertiary/aromatic N) is 2. The first-order valence-electron chi connectivity index (χ1n) is 5.73. The lowest BCUT2D eigenvalue weighted by Crippen LogP contribution is -2.35. The van der Waals surface area contributed by atoms with Gasteiger partial charge in [-0.15, -0.1) is 11.3 Å². The Kier molecular flexibility index (Phi) is 7.29. The molecule has 21 heavy (non-hydrogen) atoms. The van der Waals surface area contributed by atoms with Gasteiger partial charge in [0.2, 0.25) is 0 Å². The van der Waals surface area contributed by atoms with Crippen LogP contribution < -0.4 is 10.6 Å². The highest BCUT2D eigenvalue weighted by molar-refractivity contribution is 7.98. The van der Waals surface area contributed by atoms with Crippen LogP contribution in [0, 0.1) is 10.1 Å². The fourth-order valence-corrected chi connectivity index (χ4v) is 2.76. The van der Waals surface area contributed by atoms with E-state index in [9.17, 15) is 23.3 Å². The zero-order valence-corrected chi connectivity index (χ0v) is 12.4. The number of hydrogen-bond acceptors (Lipinski definition) is 7. The van der Waals surface area contributed by atoms with E-state index in [1.165, 1.54) is 23.1 Å². The second-order valence-electron chi connectivity index (χ2n) is 3.70. The van der Waals surface area contributed by atoms with Crippen LogP contribution >= 0.6 is 23.1 Å². The van der Waals surface area contributed by atoms with Crippen molar-refractivity contribution in [3.05, 3.63) is 38.7 Å². The fourth-order valence-electron chi connectivity index (χ4n) is 1.20. The summed E-state index contributed by atoms with van der Waals surface area (Å²) in [6.07, 6.45) is -2.26. The van der Waals surface area contributed by atoms with Crippen molar-refractivity contribution >= 4 is 23.1 Å². The summed E-state index contributed by atoms with van der Waals surface area (Å²) in [5, 5.41) is 17.7. The van der Waals surface area contributed by atoms with E-state index in [1.807, 2.05) is 10.7 Å². The van der Waals surface area contributed by atoms with Crippen LogP contribution in [0.3, 0.4) is 0 Å². The Hall–Kier alpha value is -1.49. The predicted octanol–water partition coefficient (Wildman–Crippen LogP) is 2.19. The topological polar surface area (TPSA) is 80.1 Å². The largest absolute Gasteiger partial charge is 0.405 e. The first-order chi connectivity index (χ1) is 9.87. The van der Waals surface area contributed by atoms with Gasteiger partial charge >= 0.3 is 6.18 Å². The molecule has 118 valence electrons. The molecule has 6 nitrogen and oxygen atoms in total. The molecule has 0 amide bonds. The number of thioether (sulfide) groups is 1. The number of hydrogen-bond donors (Lipinski definition) is 2. The zero-order valence-electron chi connectivity index (χ0n) is 10.7. The smallest absolute Gasteiger partial charge is 0.366 e. The van der Waals surface area contributed by atoms with Crippen LogP contribution in [0.1, 0.15) is 5.01 Å². The molecule has 0 fully saturated rings. The van der Waals surface area contributed by atoms with Crippen molar-refractivity contribution in [2.45, 2.75) is 11.9 Å². The average molecular weight is 342 g/mol. The second kappa shape index (κ2) is 8.72. The summed E-state index contributed by atoms with van der Waals surface area (Å²) in [6, 6.07) is 0. The van der Waals surface area contributed by atoms with E-state index in [2.05, 4.69) is 10.3 Å². The van der Waals surface area contributed by atoms with Gasteiger partial charge in [0.15, 0.2) is 5.82 Å². The zero-order chi connectivity index (χ0) is 15.7. The van der Waals surface area contributed by atoms with E-state index in [0.717, 1.165) is 5.01 Å². The molecule has 0 radical (unpaired) electrons. The molecule has 0 aliphatic heterocycles. The molecule has 0 aliphatic carbocycles. The van der Waals surface area contributed by atoms with Crippen molar-refractivity contribution in [1.29, 1.82) is 0 Å². The molecule has 0 aromatic carbocycles. The summed E-state index contributed by atoms with van der Waals surface area (Å²) in [7, 11) is 0. The van der Waals surface area contributed by atoms with Crippen LogP contribution in [0.25, 0.3) is 0 Å². The molecular weight excluding hydrogens is 329 g/mol. The monoisotopic (exact) mass is 342 g/mol. The lowest BCUT2D eigenvalue weighted by molar-refractivity contribution is -0.404. The van der Waals surface area contributed by atoms with Gasteiger partial charge in [-0.05, 0) is 0 Å². The summed E-state index contributed by atoms with van der Waals surface area (Å²) < 4.78 is 36.2. The van der Waals surface area contributed by atoms with E-state index in [1.54, 1.807) is 6.20 Å². The lowest BCUT2D eigenvalue weighted by atomic mass is 10.5. The van der Waals surface area contributed by atoms with Crippen LogP contribution in [-0.2, 0) is 5.75 Å². The van der Waals surface area contributed by atoms with E-state index >= 15 is 0 Å². The van der Waals surface area contributed by atoms with Gasteiger partial charge in [0, 0.05) is 29.6 Å². The van der Waals surface area contributed by atoms with Gasteiger partial charge in [-0.2, -0.15) is 24.9 Å². The molecule has 0 aliphatic rings. The SMILES string of the molecule is O=[N+]([O-])/C=C(\NCCSCc1nccs1)NCC(F)(F)F. The Labute approximate surface area is 127 Å². The van der Waals surface area contributed by atoms with Crippen molar-refractivity contribution < 1.29 is 18.1 Å². The molecule has 2 N–H and O–H groups in total. The fraction of sp³-hybridized carbons (Fsp3) is 0.500. The van der Waals surface area contributed by atoms with Gasteiger partial charge in [-0.3, -0.25) is 10.1 Å². The first kappa shape index (κ1) is 17.6. The summed E-state index contributed by atoms with van der Waals surface area (Å²) in [4.78, 5) is 13.6. The van der Waals surface area contributed by atoms with Gasteiger partial charge in [-0.25, -0.2) is 4.98 Å². The standard InChI is InChI=1S/C10H13F3N4O2S2/c11-10(12,13)7-16-8(5-17(18)19)14-1-3-20-6-9-15-2-4-21-9/h2,4-5,14,16H,1,3,6-7H2/b8-5+. The van der Waals surface area contributed by atoms with Crippen molar-refractivity contribution in [1.82, 2.24) is 15.6 Å². The van der Waals surface area contributed by atoms with Gasteiger partial charge in [-0.1, -0.05) is 0 Å². The molecule has 0 atom stereocenters. The van der Waals surface area contributed by atoms with E-state index in [4.69, 9.17) is 0 Å². The number of rotatable bonds is 9. The molecule has 0 saturated carbocycles. The minimum absolute atomic E-state index is 0.257. The van der Waals surface area contributed by atoms with Crippen LogP contribution in [-0.4, -0.2) is 34.9 Å². The molecule has 0 unspecified atom stereocenters. The van der Waals surface area contributed by atoms with Gasteiger partial charge in [0.25, 0.3) is 6.20 Å². The highest BCUT2D eigenvalue weighted by atomic mass is 32.2. The van der Waals surface area contributed by atoms with Gasteiger partial charge < -0.3 is 10.6 Å². The Bertz CT molecular complexity index is 465. The van der Waals surface area contributed by atoms with Gasteiger partial charge in [0.05, 0.1) is 4.92 Å². The van der Waals surface area contributed by atoms with E-state index < -0.39 is 17.6 Å². The quantitative estimate of drug-likeness (QED) is 0.407. The van der Waals surface area contributed by atoms with Gasteiger partial charge in [0.1, 0.15) is 11.6 Å². The minimum atomic E-state index is -4.43. The number of thiazole rings is 1. The maximum absolute atomic E-state index is 12.1. The normalized spacial score (nSPS) is 12.2. The van der Waals surface area contributed by atoms with E-state index in [0.29, 0.717) is 24.3 Å². The summed E-state index contributed by atoms with van der Waals surface area (Å²) >= 11 is 3.05. The Morgan fingerprint density at radius 3 is 2.86 bits per heavy atom. The molecule has 1 heterocycles. The van der Waals surface area contributed by atoms with E-state index in [-0.39, 0.29) is 5.82 Å². The summed E-state index contributed by atoms with van der Waals surface area (Å²) in [5.41, 5.74) is 0. The summed E-state index contributed by atoms with van der Waals surface area (Å²) in [6.45, 7) is -1.02. The Balaban J connectivity index is 2.27. The molecule has 0 bridgehead atoms. The minimum Gasteiger partial charge on any atom is -0.366 e. The Morgan fingerprint density at radius 2 is 2.29 bits per heavy atom. The highest BCUT2D eigenvalue weighted by Crippen LogP contribution is 2.14. The average Bonchev–Trinajstić information content (AvgIpc) is 2.86. The second-order valence-corrected chi connectivity index (χ2v) is 5.79. The highest BCUT2D eigenvalue weighted by Gasteiger charge is 2.27. The molecule has 1 rings (SSSR count). The maximum Gasteiger partial charge on any atom is 0.405 e. The number of halogens is 3. The predicted molar refractivity (Wildman–Crippen MR) is 75.4 cm³/mol. The number of nitro groups is 1. The molecule has 0 saturated heterocycles. The van der Waals surface area contributed by atoms with Crippen LogP contribution in [0.4, 0.5) is 13.2 Å². The molecule has 1 aromatic heterocycles. The van der Waals surface area contributed by atoms with Crippen LogP contribution in [0.2, 0.25) is 0 Å². The number of alkyl halides is 3. The number of aromatic nitrogens is 1. The van der Waals surface area contributed by atoms with Crippen molar-refractivity contribution in [3.8, 4) is 0 Å². The Morgan fingerprint density at radius 1 is 1.52 bits per heavy atom. The number of nitrogens with one attached hydrogen (secondary N) is 2. The third-order valence-electron chi connectivity index (χ3n) is 1.98. The van der Waals surface area contributed by atoms with Crippen molar-refractivity contribution in [2.75, 3.05) is 18.8 Å². The molecule has 1 aromatic rings. The summed E-state index contributed by atoms with van der Waals surface area (Å²) in [5.74, 6) is 1.03. The third-order valence-corrected chi connectivity index (χ3v) is 3.92. The molecule has 11 heteroatoms. The maximum atomic E-state index is 12.1. The third kappa shape index (κ3) is 9.13. The molecular formula is C10H13F3N4O2S2. The molecule has 0 spiro atoms. The van der Waals surface area contributed by atoms with Crippen molar-refractivity contribution in [2.24, 2.45) is 0 Å². The first-order valence-corrected chi connectivity index (χ1v) is 7.76.